The highest BCUT2D eigenvalue weighted by atomic mass is 35.5. The molecule has 7 heteroatoms. The van der Waals surface area contributed by atoms with Gasteiger partial charge in [-0.25, -0.2) is 13.4 Å². The van der Waals surface area contributed by atoms with E-state index in [1.54, 1.807) is 18.2 Å². The predicted molar refractivity (Wildman–Crippen MR) is 72.4 cm³/mol. The smallest absolute Gasteiger partial charge is 0.264 e. The van der Waals surface area contributed by atoms with Crippen LogP contribution in [0.15, 0.2) is 47.5 Å². The van der Waals surface area contributed by atoms with Gasteiger partial charge in [-0.05, 0) is 23.8 Å². The number of aromatic nitrogens is 1. The summed E-state index contributed by atoms with van der Waals surface area (Å²) in [5.41, 5.74) is 0.598. The maximum absolute atomic E-state index is 12.1. The number of pyridine rings is 1. The average Bonchev–Trinajstić information content (AvgIpc) is 2.39. The molecule has 2 aromatic rings. The third-order valence-electron chi connectivity index (χ3n) is 2.37. The van der Waals surface area contributed by atoms with E-state index in [0.717, 1.165) is 0 Å². The minimum Gasteiger partial charge on any atom is -0.392 e. The highest BCUT2D eigenvalue weighted by molar-refractivity contribution is 7.92. The molecular formula is C12H11ClN2O3S. The van der Waals surface area contributed by atoms with Crippen molar-refractivity contribution < 1.29 is 13.5 Å². The molecule has 1 heterocycles. The molecule has 0 aliphatic heterocycles. The van der Waals surface area contributed by atoms with Gasteiger partial charge in [0.15, 0.2) is 0 Å². The Bertz CT molecular complexity index is 672. The van der Waals surface area contributed by atoms with Gasteiger partial charge in [-0.15, -0.1) is 0 Å². The summed E-state index contributed by atoms with van der Waals surface area (Å²) >= 11 is 5.85. The number of aliphatic hydroxyl groups is 1. The van der Waals surface area contributed by atoms with Crippen molar-refractivity contribution >= 4 is 27.4 Å². The Balaban J connectivity index is 2.28. The van der Waals surface area contributed by atoms with Gasteiger partial charge in [-0.2, -0.15) is 0 Å². The zero-order valence-electron chi connectivity index (χ0n) is 9.75. The molecule has 0 fully saturated rings. The van der Waals surface area contributed by atoms with Gasteiger partial charge >= 0.3 is 0 Å². The molecule has 0 spiro atoms. The van der Waals surface area contributed by atoms with Crippen LogP contribution in [-0.4, -0.2) is 18.5 Å². The Hall–Kier alpha value is -1.63. The molecule has 0 amide bonds. The number of rotatable bonds is 4. The Morgan fingerprint density at radius 1 is 1.21 bits per heavy atom. The Kier molecular flexibility index (Phi) is 4.04. The summed E-state index contributed by atoms with van der Waals surface area (Å²) in [6.07, 6.45) is 1.39. The van der Waals surface area contributed by atoms with Crippen molar-refractivity contribution in [1.29, 1.82) is 0 Å². The number of benzene rings is 1. The molecule has 5 nitrogen and oxygen atoms in total. The highest BCUT2D eigenvalue weighted by Gasteiger charge is 2.17. The Labute approximate surface area is 115 Å². The van der Waals surface area contributed by atoms with Crippen LogP contribution in [-0.2, 0) is 16.6 Å². The first kappa shape index (κ1) is 13.8. The van der Waals surface area contributed by atoms with Crippen LogP contribution >= 0.6 is 11.6 Å². The lowest BCUT2D eigenvalue weighted by Crippen LogP contribution is -2.14. The van der Waals surface area contributed by atoms with Gasteiger partial charge in [0, 0.05) is 6.20 Å². The van der Waals surface area contributed by atoms with Crippen LogP contribution in [0.3, 0.4) is 0 Å². The summed E-state index contributed by atoms with van der Waals surface area (Å²) in [6.45, 7) is -0.148. The van der Waals surface area contributed by atoms with E-state index in [1.165, 1.54) is 24.4 Å². The van der Waals surface area contributed by atoms with Crippen LogP contribution in [0.1, 0.15) is 5.56 Å². The van der Waals surface area contributed by atoms with Crippen LogP contribution in [0, 0.1) is 0 Å². The minimum atomic E-state index is -3.77. The van der Waals surface area contributed by atoms with E-state index in [4.69, 9.17) is 16.7 Å². The predicted octanol–water partition coefficient (Wildman–Crippen LogP) is 2.03. The fraction of sp³-hybridized carbons (Fsp3) is 0.0833. The largest absolute Gasteiger partial charge is 0.392 e. The fourth-order valence-corrected chi connectivity index (χ4v) is 2.96. The molecular weight excluding hydrogens is 288 g/mol. The van der Waals surface area contributed by atoms with Crippen LogP contribution in [0.2, 0.25) is 5.02 Å². The summed E-state index contributed by atoms with van der Waals surface area (Å²) in [6, 6.07) is 9.20. The molecule has 0 radical (unpaired) electrons. The van der Waals surface area contributed by atoms with Crippen LogP contribution in [0.25, 0.3) is 0 Å². The molecule has 0 saturated carbocycles. The van der Waals surface area contributed by atoms with E-state index < -0.39 is 10.0 Å². The number of hydrogen-bond donors (Lipinski definition) is 2. The summed E-state index contributed by atoms with van der Waals surface area (Å²) in [5.74, 6) is 0.164. The lowest BCUT2D eigenvalue weighted by molar-refractivity contribution is 0.281. The van der Waals surface area contributed by atoms with Crippen molar-refractivity contribution in [2.75, 3.05) is 4.72 Å². The van der Waals surface area contributed by atoms with Crippen LogP contribution < -0.4 is 4.72 Å². The average molecular weight is 299 g/mol. The van der Waals surface area contributed by atoms with Crippen molar-refractivity contribution in [2.24, 2.45) is 0 Å². The first-order valence-electron chi connectivity index (χ1n) is 5.36. The van der Waals surface area contributed by atoms with Gasteiger partial charge in [0.1, 0.15) is 10.7 Å². The zero-order valence-corrected chi connectivity index (χ0v) is 11.3. The molecule has 100 valence electrons. The molecule has 0 atom stereocenters. The minimum absolute atomic E-state index is 0.00954. The topological polar surface area (TPSA) is 79.3 Å². The molecule has 0 aliphatic rings. The normalized spacial score (nSPS) is 11.3. The van der Waals surface area contributed by atoms with E-state index in [9.17, 15) is 8.42 Å². The van der Waals surface area contributed by atoms with E-state index in [0.29, 0.717) is 5.56 Å². The van der Waals surface area contributed by atoms with Gasteiger partial charge in [-0.1, -0.05) is 29.8 Å². The molecule has 0 aliphatic carbocycles. The van der Waals surface area contributed by atoms with E-state index in [1.807, 2.05) is 0 Å². The monoisotopic (exact) mass is 298 g/mol. The Morgan fingerprint density at radius 2 is 1.95 bits per heavy atom. The number of hydrogen-bond acceptors (Lipinski definition) is 4. The van der Waals surface area contributed by atoms with E-state index >= 15 is 0 Å². The van der Waals surface area contributed by atoms with Gasteiger partial charge in [0.05, 0.1) is 11.6 Å². The van der Waals surface area contributed by atoms with Crippen molar-refractivity contribution in [3.8, 4) is 0 Å². The SMILES string of the molecule is O=S(=O)(Nc1ccc(CO)cn1)c1ccccc1Cl. The van der Waals surface area contributed by atoms with Crippen molar-refractivity contribution in [1.82, 2.24) is 4.98 Å². The van der Waals surface area contributed by atoms with Crippen LogP contribution in [0.4, 0.5) is 5.82 Å². The lowest BCUT2D eigenvalue weighted by atomic mass is 10.3. The number of nitrogens with one attached hydrogen (secondary N) is 1. The highest BCUT2D eigenvalue weighted by Crippen LogP contribution is 2.22. The van der Waals surface area contributed by atoms with Gasteiger partial charge in [0.2, 0.25) is 0 Å². The number of aliphatic hydroxyl groups excluding tert-OH is 1. The van der Waals surface area contributed by atoms with Crippen molar-refractivity contribution in [2.45, 2.75) is 11.5 Å². The number of nitrogens with zero attached hydrogens (tertiary/aromatic N) is 1. The second-order valence-corrected chi connectivity index (χ2v) is 5.80. The van der Waals surface area contributed by atoms with E-state index in [2.05, 4.69) is 9.71 Å². The zero-order chi connectivity index (χ0) is 13.9. The summed E-state index contributed by atoms with van der Waals surface area (Å²) < 4.78 is 26.5. The fourth-order valence-electron chi connectivity index (χ4n) is 1.43. The maximum Gasteiger partial charge on any atom is 0.264 e. The molecule has 0 bridgehead atoms. The summed E-state index contributed by atoms with van der Waals surface area (Å²) in [5, 5.41) is 9.02. The van der Waals surface area contributed by atoms with Crippen molar-refractivity contribution in [3.05, 3.63) is 53.2 Å². The molecule has 2 rings (SSSR count). The molecule has 1 aromatic heterocycles. The third kappa shape index (κ3) is 3.23. The van der Waals surface area contributed by atoms with Crippen molar-refractivity contribution in [3.63, 3.8) is 0 Å². The quantitative estimate of drug-likeness (QED) is 0.905. The molecule has 19 heavy (non-hydrogen) atoms. The van der Waals surface area contributed by atoms with Gasteiger partial charge in [-0.3, -0.25) is 4.72 Å². The molecule has 1 aromatic carbocycles. The summed E-state index contributed by atoms with van der Waals surface area (Å²) in [7, 11) is -3.77. The lowest BCUT2D eigenvalue weighted by Gasteiger charge is -2.08. The third-order valence-corrected chi connectivity index (χ3v) is 4.23. The second-order valence-electron chi connectivity index (χ2n) is 3.75. The summed E-state index contributed by atoms with van der Waals surface area (Å²) in [4.78, 5) is 3.89. The standard InChI is InChI=1S/C12H11ClN2O3S/c13-10-3-1-2-4-11(10)19(17,18)15-12-6-5-9(8-16)7-14-12/h1-7,16H,8H2,(H,14,15). The van der Waals surface area contributed by atoms with Gasteiger partial charge < -0.3 is 5.11 Å². The van der Waals surface area contributed by atoms with E-state index in [-0.39, 0.29) is 22.3 Å². The number of halogens is 1. The number of anilines is 1. The maximum atomic E-state index is 12.1. The number of sulfonamides is 1. The first-order valence-corrected chi connectivity index (χ1v) is 7.22. The molecule has 2 N–H and O–H groups in total. The molecule has 0 unspecified atom stereocenters. The Morgan fingerprint density at radius 3 is 2.53 bits per heavy atom. The molecule has 0 saturated heterocycles. The first-order chi connectivity index (χ1) is 9.03. The second kappa shape index (κ2) is 5.56. The van der Waals surface area contributed by atoms with Gasteiger partial charge in [0.25, 0.3) is 10.0 Å². The van der Waals surface area contributed by atoms with Crippen LogP contribution in [0.5, 0.6) is 0 Å².